The Morgan fingerprint density at radius 2 is 2.11 bits per heavy atom. The molecular weight excluding hydrogens is 294 g/mol. The second-order valence-corrected chi connectivity index (χ2v) is 6.42. The van der Waals surface area contributed by atoms with E-state index in [-0.39, 0.29) is 6.54 Å². The van der Waals surface area contributed by atoms with Crippen LogP contribution in [0.3, 0.4) is 0 Å². The van der Waals surface area contributed by atoms with E-state index < -0.39 is 32.2 Å². The third-order valence-corrected chi connectivity index (χ3v) is 4.60. The summed E-state index contributed by atoms with van der Waals surface area (Å²) >= 11 is 1.48. The number of thioether (sulfide) groups is 1. The lowest BCUT2D eigenvalue weighted by Gasteiger charge is -2.09. The Morgan fingerprint density at radius 1 is 1.42 bits per heavy atom. The molecule has 3 N–H and O–H groups in total. The van der Waals surface area contributed by atoms with Crippen molar-refractivity contribution in [3.05, 3.63) is 36.4 Å². The molecule has 0 saturated carbocycles. The summed E-state index contributed by atoms with van der Waals surface area (Å²) < 4.78 is 52.3. The zero-order chi connectivity index (χ0) is 14.5. The first-order chi connectivity index (χ1) is 8.90. The van der Waals surface area contributed by atoms with Crippen molar-refractivity contribution < 1.29 is 17.2 Å². The quantitative estimate of drug-likeness (QED) is 0.457. The summed E-state index contributed by atoms with van der Waals surface area (Å²) in [6.07, 6.45) is 1.69. The molecule has 0 bridgehead atoms. The summed E-state index contributed by atoms with van der Waals surface area (Å²) in [5, 5.41) is 0. The SMILES string of the molecule is C=CCSCCNS(=O)(=O)c1ccc(F)c(N)c1F. The summed E-state index contributed by atoms with van der Waals surface area (Å²) in [5.74, 6) is -1.05. The van der Waals surface area contributed by atoms with Crippen molar-refractivity contribution in [3.8, 4) is 0 Å². The first-order valence-corrected chi connectivity index (χ1v) is 7.95. The number of anilines is 1. The summed E-state index contributed by atoms with van der Waals surface area (Å²) in [7, 11) is -4.03. The Hall–Kier alpha value is -1.12. The van der Waals surface area contributed by atoms with Gasteiger partial charge in [-0.3, -0.25) is 0 Å². The van der Waals surface area contributed by atoms with Crippen molar-refractivity contribution in [2.75, 3.05) is 23.8 Å². The maximum Gasteiger partial charge on any atom is 0.243 e. The number of hydrogen-bond donors (Lipinski definition) is 2. The molecule has 1 rings (SSSR count). The molecule has 0 spiro atoms. The topological polar surface area (TPSA) is 72.2 Å². The van der Waals surface area contributed by atoms with Gasteiger partial charge in [0.1, 0.15) is 16.4 Å². The molecule has 0 heterocycles. The lowest BCUT2D eigenvalue weighted by atomic mass is 10.3. The monoisotopic (exact) mass is 308 g/mol. The fourth-order valence-electron chi connectivity index (χ4n) is 1.25. The fourth-order valence-corrected chi connectivity index (χ4v) is 3.08. The minimum atomic E-state index is -4.03. The van der Waals surface area contributed by atoms with Crippen LogP contribution in [-0.4, -0.2) is 26.5 Å². The predicted octanol–water partition coefficient (Wildman–Crippen LogP) is 1.74. The van der Waals surface area contributed by atoms with Gasteiger partial charge in [-0.2, -0.15) is 11.8 Å². The Morgan fingerprint density at radius 3 is 2.74 bits per heavy atom. The van der Waals surface area contributed by atoms with Crippen LogP contribution in [0.5, 0.6) is 0 Å². The van der Waals surface area contributed by atoms with Gasteiger partial charge >= 0.3 is 0 Å². The second kappa shape index (κ2) is 6.88. The maximum absolute atomic E-state index is 13.6. The van der Waals surface area contributed by atoms with Gasteiger partial charge in [-0.25, -0.2) is 21.9 Å². The molecule has 0 amide bonds. The van der Waals surface area contributed by atoms with Gasteiger partial charge in [-0.05, 0) is 12.1 Å². The number of nitrogen functional groups attached to an aromatic ring is 1. The van der Waals surface area contributed by atoms with E-state index in [2.05, 4.69) is 11.3 Å². The highest BCUT2D eigenvalue weighted by molar-refractivity contribution is 7.99. The van der Waals surface area contributed by atoms with Crippen LogP contribution in [0.4, 0.5) is 14.5 Å². The lowest BCUT2D eigenvalue weighted by molar-refractivity contribution is 0.549. The van der Waals surface area contributed by atoms with Crippen molar-refractivity contribution in [3.63, 3.8) is 0 Å². The lowest BCUT2D eigenvalue weighted by Crippen LogP contribution is -2.27. The first kappa shape index (κ1) is 15.9. The summed E-state index contributed by atoms with van der Waals surface area (Å²) in [4.78, 5) is -0.653. The zero-order valence-corrected chi connectivity index (χ0v) is 11.7. The molecule has 0 unspecified atom stereocenters. The standard InChI is InChI=1S/C11H14F2N2O2S2/c1-2-6-18-7-5-15-19(16,17)9-4-3-8(12)11(14)10(9)13/h2-4,15H,1,5-7,14H2. The van der Waals surface area contributed by atoms with Crippen LogP contribution in [0.15, 0.2) is 29.7 Å². The number of benzene rings is 1. The summed E-state index contributed by atoms with van der Waals surface area (Å²) in [6, 6.07) is 1.67. The summed E-state index contributed by atoms with van der Waals surface area (Å²) in [6.45, 7) is 3.66. The molecule has 106 valence electrons. The zero-order valence-electron chi connectivity index (χ0n) is 10.0. The third-order valence-electron chi connectivity index (χ3n) is 2.15. The van der Waals surface area contributed by atoms with Crippen molar-refractivity contribution >= 4 is 27.5 Å². The largest absolute Gasteiger partial charge is 0.394 e. The molecule has 19 heavy (non-hydrogen) atoms. The third kappa shape index (κ3) is 4.19. The van der Waals surface area contributed by atoms with Crippen LogP contribution in [0, 0.1) is 11.6 Å². The molecule has 0 saturated heterocycles. The number of nitrogens with two attached hydrogens (primary N) is 1. The number of sulfonamides is 1. The van der Waals surface area contributed by atoms with E-state index in [9.17, 15) is 17.2 Å². The highest BCUT2D eigenvalue weighted by Crippen LogP contribution is 2.22. The molecule has 0 aliphatic heterocycles. The van der Waals surface area contributed by atoms with E-state index in [4.69, 9.17) is 5.73 Å². The molecule has 0 aliphatic rings. The average Bonchev–Trinajstić information content (AvgIpc) is 2.35. The van der Waals surface area contributed by atoms with E-state index in [1.54, 1.807) is 6.08 Å². The molecule has 4 nitrogen and oxygen atoms in total. The molecule has 8 heteroatoms. The Kier molecular flexibility index (Phi) is 5.77. The van der Waals surface area contributed by atoms with Crippen molar-refractivity contribution in [1.29, 1.82) is 0 Å². The van der Waals surface area contributed by atoms with Crippen LogP contribution >= 0.6 is 11.8 Å². The van der Waals surface area contributed by atoms with Gasteiger partial charge in [0.25, 0.3) is 0 Å². The minimum Gasteiger partial charge on any atom is -0.394 e. The van der Waals surface area contributed by atoms with Gasteiger partial charge in [0, 0.05) is 18.1 Å². The molecule has 0 fully saturated rings. The van der Waals surface area contributed by atoms with E-state index in [1.807, 2.05) is 0 Å². The smallest absolute Gasteiger partial charge is 0.243 e. The fraction of sp³-hybridized carbons (Fsp3) is 0.273. The van der Waals surface area contributed by atoms with E-state index in [0.717, 1.165) is 12.1 Å². The van der Waals surface area contributed by atoms with Crippen LogP contribution in [0.1, 0.15) is 0 Å². The normalized spacial score (nSPS) is 11.5. The highest BCUT2D eigenvalue weighted by atomic mass is 32.2. The molecule has 1 aromatic carbocycles. The molecule has 0 aromatic heterocycles. The predicted molar refractivity (Wildman–Crippen MR) is 73.5 cm³/mol. The van der Waals surface area contributed by atoms with Crippen LogP contribution in [0.2, 0.25) is 0 Å². The molecular formula is C11H14F2N2O2S2. The molecule has 0 aliphatic carbocycles. The first-order valence-electron chi connectivity index (χ1n) is 5.32. The Bertz CT molecular complexity index is 562. The van der Waals surface area contributed by atoms with E-state index in [0.29, 0.717) is 11.5 Å². The number of halogens is 2. The van der Waals surface area contributed by atoms with Gasteiger partial charge in [0.15, 0.2) is 5.82 Å². The second-order valence-electron chi connectivity index (χ2n) is 3.53. The van der Waals surface area contributed by atoms with Gasteiger partial charge in [0.2, 0.25) is 10.0 Å². The highest BCUT2D eigenvalue weighted by Gasteiger charge is 2.21. The van der Waals surface area contributed by atoms with Crippen LogP contribution in [-0.2, 0) is 10.0 Å². The summed E-state index contributed by atoms with van der Waals surface area (Å²) in [5.41, 5.74) is 4.31. The number of rotatable bonds is 7. The van der Waals surface area contributed by atoms with Gasteiger partial charge in [-0.15, -0.1) is 6.58 Å². The van der Waals surface area contributed by atoms with Crippen LogP contribution in [0.25, 0.3) is 0 Å². The number of hydrogen-bond acceptors (Lipinski definition) is 4. The Balaban J connectivity index is 2.78. The number of nitrogens with one attached hydrogen (secondary N) is 1. The molecule has 0 radical (unpaired) electrons. The van der Waals surface area contributed by atoms with Crippen LogP contribution < -0.4 is 10.5 Å². The molecule has 0 atom stereocenters. The van der Waals surface area contributed by atoms with E-state index in [1.165, 1.54) is 11.8 Å². The molecule has 1 aromatic rings. The van der Waals surface area contributed by atoms with Crippen molar-refractivity contribution in [1.82, 2.24) is 4.72 Å². The van der Waals surface area contributed by atoms with E-state index >= 15 is 0 Å². The van der Waals surface area contributed by atoms with Gasteiger partial charge < -0.3 is 5.73 Å². The minimum absolute atomic E-state index is 0.136. The average molecular weight is 308 g/mol. The van der Waals surface area contributed by atoms with Crippen molar-refractivity contribution in [2.45, 2.75) is 4.90 Å². The Labute approximate surface area is 115 Å². The van der Waals surface area contributed by atoms with Crippen molar-refractivity contribution in [2.24, 2.45) is 0 Å². The van der Waals surface area contributed by atoms with Gasteiger partial charge in [-0.1, -0.05) is 6.08 Å². The maximum atomic E-state index is 13.6. The van der Waals surface area contributed by atoms with Gasteiger partial charge in [0.05, 0.1) is 0 Å².